The molecule has 0 aliphatic carbocycles. The highest BCUT2D eigenvalue weighted by atomic mass is 79.9. The maximum absolute atomic E-state index is 12.5. The number of nitrogens with one attached hydrogen (secondary N) is 1. The molecule has 0 aliphatic heterocycles. The molecule has 1 N–H and O–H groups in total. The van der Waals surface area contributed by atoms with Crippen LogP contribution in [0.3, 0.4) is 0 Å². The highest BCUT2D eigenvalue weighted by molar-refractivity contribution is 9.10. The molecular formula is C19H19BrN4O4. The number of benzene rings is 1. The summed E-state index contributed by atoms with van der Waals surface area (Å²) >= 11 is 3.41. The molecule has 1 unspecified atom stereocenters. The number of anilines is 1. The number of carbonyl (C=O) groups is 1. The second kappa shape index (κ2) is 7.59. The van der Waals surface area contributed by atoms with E-state index in [1.165, 1.54) is 30.9 Å². The fourth-order valence-electron chi connectivity index (χ4n) is 2.72. The number of nitrogens with zero attached hydrogens (tertiary/aromatic N) is 3. The second-order valence-electron chi connectivity index (χ2n) is 6.48. The molecule has 9 heteroatoms. The minimum absolute atomic E-state index is 0.234. The van der Waals surface area contributed by atoms with Gasteiger partial charge in [-0.05, 0) is 53.5 Å². The van der Waals surface area contributed by atoms with E-state index < -0.39 is 23.3 Å². The van der Waals surface area contributed by atoms with Crippen molar-refractivity contribution in [1.82, 2.24) is 14.1 Å². The zero-order chi connectivity index (χ0) is 20.6. The Morgan fingerprint density at radius 2 is 1.93 bits per heavy atom. The van der Waals surface area contributed by atoms with Crippen molar-refractivity contribution in [3.8, 4) is 5.75 Å². The van der Waals surface area contributed by atoms with Gasteiger partial charge in [0.1, 0.15) is 11.4 Å². The standard InChI is InChI=1S/C19H19BrN4O4/c1-10-5-6-15(14(20)7-10)28-11(2)17(25)22-12-8-13-16(21-9-12)23(3)19(27)24(4)18(13)26/h5-9,11H,1-4H3,(H,22,25). The van der Waals surface area contributed by atoms with E-state index in [9.17, 15) is 14.4 Å². The first kappa shape index (κ1) is 19.8. The van der Waals surface area contributed by atoms with Crippen LogP contribution in [0.1, 0.15) is 12.5 Å². The number of aromatic nitrogens is 3. The van der Waals surface area contributed by atoms with Gasteiger partial charge in [0.25, 0.3) is 11.5 Å². The van der Waals surface area contributed by atoms with Crippen molar-refractivity contribution in [2.75, 3.05) is 5.32 Å². The number of hydrogen-bond acceptors (Lipinski definition) is 5. The molecule has 0 spiro atoms. The molecule has 3 aromatic rings. The van der Waals surface area contributed by atoms with Gasteiger partial charge in [-0.1, -0.05) is 6.07 Å². The van der Waals surface area contributed by atoms with Crippen molar-refractivity contribution in [2.24, 2.45) is 14.1 Å². The molecule has 0 aliphatic rings. The van der Waals surface area contributed by atoms with Gasteiger partial charge in [0, 0.05) is 14.1 Å². The first-order chi connectivity index (χ1) is 13.2. The lowest BCUT2D eigenvalue weighted by Crippen LogP contribution is -2.37. The number of ether oxygens (including phenoxy) is 1. The van der Waals surface area contributed by atoms with E-state index in [2.05, 4.69) is 26.2 Å². The normalized spacial score (nSPS) is 12.0. The van der Waals surface area contributed by atoms with Gasteiger partial charge in [-0.3, -0.25) is 18.7 Å². The van der Waals surface area contributed by atoms with Gasteiger partial charge in [-0.15, -0.1) is 0 Å². The van der Waals surface area contributed by atoms with Crippen LogP contribution in [0.15, 0.2) is 44.5 Å². The molecule has 2 aromatic heterocycles. The Kier molecular flexibility index (Phi) is 5.37. The summed E-state index contributed by atoms with van der Waals surface area (Å²) in [6.45, 7) is 3.58. The second-order valence-corrected chi connectivity index (χ2v) is 7.34. The molecule has 1 atom stereocenters. The maximum Gasteiger partial charge on any atom is 0.332 e. The summed E-state index contributed by atoms with van der Waals surface area (Å²) in [5, 5.41) is 2.92. The summed E-state index contributed by atoms with van der Waals surface area (Å²) in [7, 11) is 2.93. The lowest BCUT2D eigenvalue weighted by atomic mass is 10.2. The summed E-state index contributed by atoms with van der Waals surface area (Å²) in [6.07, 6.45) is 0.617. The number of rotatable bonds is 4. The van der Waals surface area contributed by atoms with Crippen molar-refractivity contribution in [3.63, 3.8) is 0 Å². The van der Waals surface area contributed by atoms with Crippen molar-refractivity contribution in [3.05, 3.63) is 61.3 Å². The number of aryl methyl sites for hydroxylation is 2. The monoisotopic (exact) mass is 446 g/mol. The molecule has 0 fully saturated rings. The predicted octanol–water partition coefficient (Wildman–Crippen LogP) is 2.11. The van der Waals surface area contributed by atoms with Crippen LogP contribution in [0.5, 0.6) is 5.75 Å². The average molecular weight is 447 g/mol. The molecule has 1 amide bonds. The number of pyridine rings is 1. The van der Waals surface area contributed by atoms with E-state index in [4.69, 9.17) is 4.74 Å². The first-order valence-electron chi connectivity index (χ1n) is 8.48. The van der Waals surface area contributed by atoms with Gasteiger partial charge < -0.3 is 10.1 Å². The summed E-state index contributed by atoms with van der Waals surface area (Å²) in [4.78, 5) is 41.0. The van der Waals surface area contributed by atoms with Crippen LogP contribution >= 0.6 is 15.9 Å². The van der Waals surface area contributed by atoms with Gasteiger partial charge in [0.05, 0.1) is 21.7 Å². The quantitative estimate of drug-likeness (QED) is 0.661. The van der Waals surface area contributed by atoms with Crippen LogP contribution in [-0.4, -0.2) is 26.1 Å². The highest BCUT2D eigenvalue weighted by Crippen LogP contribution is 2.26. The Morgan fingerprint density at radius 3 is 2.61 bits per heavy atom. The molecule has 8 nitrogen and oxygen atoms in total. The van der Waals surface area contributed by atoms with E-state index in [0.29, 0.717) is 11.4 Å². The van der Waals surface area contributed by atoms with E-state index in [0.717, 1.165) is 14.6 Å². The summed E-state index contributed by atoms with van der Waals surface area (Å²) in [5.74, 6) is 0.157. The van der Waals surface area contributed by atoms with Crippen molar-refractivity contribution >= 4 is 38.6 Å². The van der Waals surface area contributed by atoms with Crippen molar-refractivity contribution in [1.29, 1.82) is 0 Å². The maximum atomic E-state index is 12.5. The Balaban J connectivity index is 1.84. The van der Waals surface area contributed by atoms with Crippen LogP contribution in [0.2, 0.25) is 0 Å². The van der Waals surface area contributed by atoms with Gasteiger partial charge in [-0.2, -0.15) is 0 Å². The van der Waals surface area contributed by atoms with Crippen LogP contribution in [0.25, 0.3) is 11.0 Å². The SMILES string of the molecule is Cc1ccc(OC(C)C(=O)Nc2cnc3c(c2)c(=O)n(C)c(=O)n3C)c(Br)c1. The molecule has 0 radical (unpaired) electrons. The van der Waals surface area contributed by atoms with E-state index >= 15 is 0 Å². The lowest BCUT2D eigenvalue weighted by Gasteiger charge is -2.16. The molecule has 0 saturated heterocycles. The number of carbonyl (C=O) groups excluding carboxylic acids is 1. The summed E-state index contributed by atoms with van der Waals surface area (Å²) in [5.41, 5.74) is 0.710. The largest absolute Gasteiger partial charge is 0.480 e. The van der Waals surface area contributed by atoms with Gasteiger partial charge in [-0.25, -0.2) is 9.78 Å². The molecule has 2 heterocycles. The summed E-state index contributed by atoms with van der Waals surface area (Å²) in [6, 6.07) is 7.06. The molecule has 146 valence electrons. The van der Waals surface area contributed by atoms with Crippen LogP contribution < -0.4 is 21.3 Å². The van der Waals surface area contributed by atoms with E-state index in [1.807, 2.05) is 19.1 Å². The number of halogens is 1. The van der Waals surface area contributed by atoms with Crippen molar-refractivity contribution in [2.45, 2.75) is 20.0 Å². The Morgan fingerprint density at radius 1 is 1.21 bits per heavy atom. The zero-order valence-electron chi connectivity index (χ0n) is 15.8. The Bertz CT molecular complexity index is 1200. The van der Waals surface area contributed by atoms with Crippen LogP contribution in [-0.2, 0) is 18.9 Å². The number of amides is 1. The fourth-order valence-corrected chi connectivity index (χ4v) is 3.31. The third-order valence-corrected chi connectivity index (χ3v) is 4.94. The van der Waals surface area contributed by atoms with Gasteiger partial charge in [0.2, 0.25) is 0 Å². The van der Waals surface area contributed by atoms with E-state index in [1.54, 1.807) is 13.0 Å². The number of fused-ring (bicyclic) bond motifs is 1. The Labute approximate surface area is 168 Å². The third kappa shape index (κ3) is 3.70. The minimum atomic E-state index is -0.780. The number of hydrogen-bond donors (Lipinski definition) is 1. The molecule has 0 saturated carbocycles. The fraction of sp³-hybridized carbons (Fsp3) is 0.263. The average Bonchev–Trinajstić information content (AvgIpc) is 2.66. The predicted molar refractivity (Wildman–Crippen MR) is 110 cm³/mol. The zero-order valence-corrected chi connectivity index (χ0v) is 17.4. The van der Waals surface area contributed by atoms with Gasteiger partial charge in [0.15, 0.2) is 6.10 Å². The lowest BCUT2D eigenvalue weighted by molar-refractivity contribution is -0.122. The summed E-state index contributed by atoms with van der Waals surface area (Å²) < 4.78 is 8.74. The first-order valence-corrected chi connectivity index (χ1v) is 9.27. The van der Waals surface area contributed by atoms with Crippen LogP contribution in [0.4, 0.5) is 5.69 Å². The molecule has 1 aromatic carbocycles. The highest BCUT2D eigenvalue weighted by Gasteiger charge is 2.17. The van der Waals surface area contributed by atoms with Crippen LogP contribution in [0, 0.1) is 6.92 Å². The van der Waals surface area contributed by atoms with Crippen molar-refractivity contribution < 1.29 is 9.53 Å². The topological polar surface area (TPSA) is 95.2 Å². The smallest absolute Gasteiger partial charge is 0.332 e. The molecular weight excluding hydrogens is 428 g/mol. The molecule has 28 heavy (non-hydrogen) atoms. The molecule has 3 rings (SSSR count). The molecule has 0 bridgehead atoms. The van der Waals surface area contributed by atoms with Gasteiger partial charge >= 0.3 is 5.69 Å². The minimum Gasteiger partial charge on any atom is -0.480 e. The third-order valence-electron chi connectivity index (χ3n) is 4.32. The van der Waals surface area contributed by atoms with E-state index in [-0.39, 0.29) is 11.0 Å². The Hall–Kier alpha value is -2.94.